The largest absolute Gasteiger partial charge is 0.352 e. The van der Waals surface area contributed by atoms with Gasteiger partial charge in [-0.2, -0.15) is 0 Å². The molecule has 3 unspecified atom stereocenters. The predicted octanol–water partition coefficient (Wildman–Crippen LogP) is 1.32. The van der Waals surface area contributed by atoms with Crippen LogP contribution in [-0.2, 0) is 4.79 Å². The Morgan fingerprint density at radius 2 is 2.06 bits per heavy atom. The van der Waals surface area contributed by atoms with Crippen LogP contribution in [0.25, 0.3) is 0 Å². The summed E-state index contributed by atoms with van der Waals surface area (Å²) in [4.78, 5) is 11.9. The minimum Gasteiger partial charge on any atom is -0.352 e. The third-order valence-corrected chi connectivity index (χ3v) is 4.05. The monoisotopic (exact) mass is 244 g/mol. The molecule has 2 aliphatic carbocycles. The maximum absolute atomic E-state index is 11.9. The Balaban J connectivity index is 0.000000963. The normalized spacial score (nSPS) is 37.4. The Bertz CT molecular complexity index is 262. The minimum absolute atomic E-state index is 0. The lowest BCUT2D eigenvalue weighted by molar-refractivity contribution is -0.123. The number of halogens is 1. The van der Waals surface area contributed by atoms with Gasteiger partial charge in [-0.25, -0.2) is 0 Å². The van der Waals surface area contributed by atoms with Crippen LogP contribution < -0.4 is 10.6 Å². The molecule has 1 aliphatic heterocycles. The lowest BCUT2D eigenvalue weighted by Crippen LogP contribution is -2.46. The third-order valence-electron chi connectivity index (χ3n) is 4.05. The zero-order valence-electron chi connectivity index (χ0n) is 9.58. The molecule has 0 aromatic heterocycles. The number of amides is 1. The first-order valence-corrected chi connectivity index (χ1v) is 6.35. The van der Waals surface area contributed by atoms with Gasteiger partial charge in [0.25, 0.3) is 0 Å². The van der Waals surface area contributed by atoms with Gasteiger partial charge < -0.3 is 10.6 Å². The Hall–Kier alpha value is -0.280. The van der Waals surface area contributed by atoms with Crippen LogP contribution in [0.15, 0.2) is 0 Å². The first-order valence-electron chi connectivity index (χ1n) is 6.35. The second-order valence-electron chi connectivity index (χ2n) is 5.40. The van der Waals surface area contributed by atoms with E-state index in [0.717, 1.165) is 37.8 Å². The first-order chi connectivity index (χ1) is 7.34. The van der Waals surface area contributed by atoms with Crippen LogP contribution in [0, 0.1) is 17.8 Å². The van der Waals surface area contributed by atoms with E-state index in [1.165, 1.54) is 19.3 Å². The van der Waals surface area contributed by atoms with Crippen molar-refractivity contribution in [3.8, 4) is 0 Å². The number of nitrogens with one attached hydrogen (secondary N) is 2. The van der Waals surface area contributed by atoms with E-state index in [1.807, 2.05) is 0 Å². The number of hydrogen-bond acceptors (Lipinski definition) is 2. The molecule has 1 amide bonds. The van der Waals surface area contributed by atoms with E-state index in [4.69, 9.17) is 0 Å². The summed E-state index contributed by atoms with van der Waals surface area (Å²) >= 11 is 0. The highest BCUT2D eigenvalue weighted by Crippen LogP contribution is 2.54. The van der Waals surface area contributed by atoms with Crippen molar-refractivity contribution >= 4 is 18.3 Å². The lowest BCUT2D eigenvalue weighted by atomic mass is 10.1. The van der Waals surface area contributed by atoms with Crippen LogP contribution >= 0.6 is 12.4 Å². The van der Waals surface area contributed by atoms with Crippen LogP contribution in [0.1, 0.15) is 32.1 Å². The molecule has 3 atom stereocenters. The molecular weight excluding hydrogens is 224 g/mol. The van der Waals surface area contributed by atoms with E-state index in [-0.39, 0.29) is 12.4 Å². The number of rotatable bonds is 3. The molecule has 3 nitrogen and oxygen atoms in total. The van der Waals surface area contributed by atoms with Crippen LogP contribution in [0.3, 0.4) is 0 Å². The maximum atomic E-state index is 11.9. The fraction of sp³-hybridized carbons (Fsp3) is 0.917. The molecule has 0 aromatic carbocycles. The highest BCUT2D eigenvalue weighted by molar-refractivity contribution is 5.85. The molecule has 0 radical (unpaired) electrons. The molecule has 16 heavy (non-hydrogen) atoms. The number of piperidine rings is 1. The molecule has 4 heteroatoms. The van der Waals surface area contributed by atoms with Crippen molar-refractivity contribution in [1.29, 1.82) is 0 Å². The van der Waals surface area contributed by atoms with Crippen LogP contribution in [-0.4, -0.2) is 25.0 Å². The van der Waals surface area contributed by atoms with Crippen molar-refractivity contribution in [1.82, 2.24) is 10.6 Å². The van der Waals surface area contributed by atoms with Crippen molar-refractivity contribution in [2.24, 2.45) is 17.8 Å². The van der Waals surface area contributed by atoms with Crippen LogP contribution in [0.4, 0.5) is 0 Å². The van der Waals surface area contributed by atoms with Gasteiger partial charge in [-0.1, -0.05) is 0 Å². The molecule has 92 valence electrons. The van der Waals surface area contributed by atoms with E-state index in [0.29, 0.717) is 17.9 Å². The zero-order valence-corrected chi connectivity index (χ0v) is 10.4. The summed E-state index contributed by atoms with van der Waals surface area (Å²) in [5.41, 5.74) is 0. The molecular formula is C12H21ClN2O. The predicted molar refractivity (Wildman–Crippen MR) is 65.6 cm³/mol. The number of carbonyl (C=O) groups is 1. The Morgan fingerprint density at radius 1 is 1.25 bits per heavy atom. The highest BCUT2D eigenvalue weighted by Gasteiger charge is 2.51. The van der Waals surface area contributed by atoms with Gasteiger partial charge in [0, 0.05) is 18.5 Å². The summed E-state index contributed by atoms with van der Waals surface area (Å²) in [6, 6.07) is 0.395. The highest BCUT2D eigenvalue weighted by atomic mass is 35.5. The second kappa shape index (κ2) is 4.92. The average molecular weight is 245 g/mol. The molecule has 3 aliphatic rings. The fourth-order valence-corrected chi connectivity index (χ4v) is 2.84. The molecule has 3 fully saturated rings. The lowest BCUT2D eigenvalue weighted by Gasteiger charge is -2.23. The van der Waals surface area contributed by atoms with Crippen molar-refractivity contribution in [2.45, 2.75) is 38.1 Å². The van der Waals surface area contributed by atoms with Gasteiger partial charge in [-0.3, -0.25) is 4.79 Å². The van der Waals surface area contributed by atoms with Crippen LogP contribution in [0.2, 0.25) is 0 Å². The van der Waals surface area contributed by atoms with E-state index >= 15 is 0 Å². The fourth-order valence-electron chi connectivity index (χ4n) is 2.84. The van der Waals surface area contributed by atoms with Crippen molar-refractivity contribution < 1.29 is 4.79 Å². The summed E-state index contributed by atoms with van der Waals surface area (Å²) in [6.45, 7) is 2.08. The van der Waals surface area contributed by atoms with Crippen molar-refractivity contribution in [3.05, 3.63) is 0 Å². The van der Waals surface area contributed by atoms with E-state index in [2.05, 4.69) is 10.6 Å². The summed E-state index contributed by atoms with van der Waals surface area (Å²) in [5, 5.41) is 6.52. The quantitative estimate of drug-likeness (QED) is 0.786. The molecule has 3 rings (SSSR count). The molecule has 2 N–H and O–H groups in total. The average Bonchev–Trinajstić information content (AvgIpc) is 3.11. The summed E-state index contributed by atoms with van der Waals surface area (Å²) in [5.74, 6) is 2.37. The summed E-state index contributed by atoms with van der Waals surface area (Å²) in [7, 11) is 0. The maximum Gasteiger partial charge on any atom is 0.223 e. The van der Waals surface area contributed by atoms with Gasteiger partial charge in [0.2, 0.25) is 5.91 Å². The Kier molecular flexibility index (Phi) is 3.75. The first kappa shape index (κ1) is 12.2. The topological polar surface area (TPSA) is 41.1 Å². The molecule has 0 bridgehead atoms. The molecule has 0 spiro atoms. The van der Waals surface area contributed by atoms with Gasteiger partial charge in [-0.15, -0.1) is 12.4 Å². The second-order valence-corrected chi connectivity index (χ2v) is 5.40. The zero-order chi connectivity index (χ0) is 10.3. The summed E-state index contributed by atoms with van der Waals surface area (Å²) < 4.78 is 0. The van der Waals surface area contributed by atoms with Gasteiger partial charge in [-0.05, 0) is 50.5 Å². The molecule has 0 aromatic rings. The van der Waals surface area contributed by atoms with E-state index in [1.54, 1.807) is 0 Å². The number of hydrogen-bond donors (Lipinski definition) is 2. The Labute approximate surface area is 103 Å². The third kappa shape index (κ3) is 2.69. The smallest absolute Gasteiger partial charge is 0.223 e. The summed E-state index contributed by atoms with van der Waals surface area (Å²) in [6.07, 6.45) is 6.26. The van der Waals surface area contributed by atoms with Gasteiger partial charge in [0.1, 0.15) is 0 Å². The molecule has 1 heterocycles. The molecule has 1 saturated heterocycles. The SMILES string of the molecule is Cl.O=C(NC1CCCNC1)C1CC1C1CC1. The van der Waals surface area contributed by atoms with E-state index in [9.17, 15) is 4.79 Å². The Morgan fingerprint density at radius 3 is 2.69 bits per heavy atom. The van der Waals surface area contributed by atoms with Gasteiger partial charge >= 0.3 is 0 Å². The van der Waals surface area contributed by atoms with Gasteiger partial charge in [0.15, 0.2) is 0 Å². The number of carbonyl (C=O) groups excluding carboxylic acids is 1. The minimum atomic E-state index is 0. The van der Waals surface area contributed by atoms with Crippen molar-refractivity contribution in [2.75, 3.05) is 13.1 Å². The molecule has 2 saturated carbocycles. The van der Waals surface area contributed by atoms with E-state index < -0.39 is 0 Å². The van der Waals surface area contributed by atoms with Gasteiger partial charge in [0.05, 0.1) is 0 Å². The van der Waals surface area contributed by atoms with Crippen molar-refractivity contribution in [3.63, 3.8) is 0 Å². The standard InChI is InChI=1S/C12H20N2O.ClH/c15-12(11-6-10(11)8-3-4-8)14-9-2-1-5-13-7-9;/h8-11,13H,1-7H2,(H,14,15);1H. The van der Waals surface area contributed by atoms with Crippen LogP contribution in [0.5, 0.6) is 0 Å².